The van der Waals surface area contributed by atoms with Crippen molar-refractivity contribution in [1.29, 1.82) is 0 Å². The lowest BCUT2D eigenvalue weighted by Gasteiger charge is -2.20. The summed E-state index contributed by atoms with van der Waals surface area (Å²) < 4.78 is 38.1. The summed E-state index contributed by atoms with van der Waals surface area (Å²) in [7, 11) is -2.06. The Morgan fingerprint density at radius 2 is 1.88 bits per heavy atom. The van der Waals surface area contributed by atoms with Gasteiger partial charge in [0.25, 0.3) is 0 Å². The van der Waals surface area contributed by atoms with Crippen LogP contribution in [0, 0.1) is 11.7 Å². The van der Waals surface area contributed by atoms with Crippen molar-refractivity contribution < 1.29 is 12.8 Å². The van der Waals surface area contributed by atoms with Gasteiger partial charge in [-0.05, 0) is 36.7 Å². The highest BCUT2D eigenvalue weighted by Gasteiger charge is 2.21. The minimum atomic E-state index is -3.55. The molecule has 0 aliphatic heterocycles. The SMILES string of the molecule is CC(CN)CN(C)S(=O)(=O)c1ccc(F)cc1. The highest BCUT2D eigenvalue weighted by molar-refractivity contribution is 7.89. The number of nitrogens with two attached hydrogens (primary N) is 1. The summed E-state index contributed by atoms with van der Waals surface area (Å²) in [4.78, 5) is 0.0885. The second-order valence-corrected chi connectivity index (χ2v) is 6.13. The third-order valence-electron chi connectivity index (χ3n) is 2.49. The molecule has 0 aromatic heterocycles. The molecular formula is C11H17FN2O2S. The van der Waals surface area contributed by atoms with Crippen molar-refractivity contribution in [3.63, 3.8) is 0 Å². The van der Waals surface area contributed by atoms with E-state index in [4.69, 9.17) is 5.73 Å². The molecule has 96 valence electrons. The molecule has 0 aliphatic carbocycles. The first kappa shape index (κ1) is 14.1. The smallest absolute Gasteiger partial charge is 0.242 e. The summed E-state index contributed by atoms with van der Waals surface area (Å²) in [6.45, 7) is 2.64. The maximum absolute atomic E-state index is 12.7. The molecule has 0 saturated carbocycles. The fraction of sp³-hybridized carbons (Fsp3) is 0.455. The molecule has 1 unspecified atom stereocenters. The fourth-order valence-corrected chi connectivity index (χ4v) is 2.69. The number of hydrogen-bond donors (Lipinski definition) is 1. The van der Waals surface area contributed by atoms with Crippen molar-refractivity contribution in [2.24, 2.45) is 11.7 Å². The van der Waals surface area contributed by atoms with Gasteiger partial charge in [-0.1, -0.05) is 6.92 Å². The Balaban J connectivity index is 2.91. The van der Waals surface area contributed by atoms with Crippen LogP contribution in [0.5, 0.6) is 0 Å². The summed E-state index contributed by atoms with van der Waals surface area (Å²) >= 11 is 0. The van der Waals surface area contributed by atoms with Crippen LogP contribution in [0.3, 0.4) is 0 Å². The van der Waals surface area contributed by atoms with Crippen LogP contribution >= 0.6 is 0 Å². The second-order valence-electron chi connectivity index (χ2n) is 4.08. The lowest BCUT2D eigenvalue weighted by molar-refractivity contribution is 0.405. The Morgan fingerprint density at radius 1 is 1.35 bits per heavy atom. The first-order chi connectivity index (χ1) is 7.87. The third kappa shape index (κ3) is 3.49. The number of benzene rings is 1. The molecule has 1 atom stereocenters. The average molecular weight is 260 g/mol. The van der Waals surface area contributed by atoms with Crippen LogP contribution < -0.4 is 5.73 Å². The van der Waals surface area contributed by atoms with Crippen molar-refractivity contribution in [2.75, 3.05) is 20.1 Å². The van der Waals surface area contributed by atoms with E-state index in [9.17, 15) is 12.8 Å². The van der Waals surface area contributed by atoms with E-state index >= 15 is 0 Å². The van der Waals surface area contributed by atoms with Gasteiger partial charge in [0, 0.05) is 13.6 Å². The molecule has 0 heterocycles. The zero-order valence-electron chi connectivity index (χ0n) is 9.93. The van der Waals surface area contributed by atoms with E-state index in [2.05, 4.69) is 0 Å². The van der Waals surface area contributed by atoms with Gasteiger partial charge in [0.15, 0.2) is 0 Å². The Hall–Kier alpha value is -0.980. The van der Waals surface area contributed by atoms with Crippen LogP contribution in [-0.2, 0) is 10.0 Å². The van der Waals surface area contributed by atoms with Crippen LogP contribution in [0.1, 0.15) is 6.92 Å². The normalized spacial score (nSPS) is 13.9. The molecular weight excluding hydrogens is 243 g/mol. The average Bonchev–Trinajstić information content (AvgIpc) is 2.29. The number of halogens is 1. The summed E-state index contributed by atoms with van der Waals surface area (Å²) in [6.07, 6.45) is 0. The van der Waals surface area contributed by atoms with Crippen molar-refractivity contribution in [2.45, 2.75) is 11.8 Å². The molecule has 4 nitrogen and oxygen atoms in total. The summed E-state index contributed by atoms with van der Waals surface area (Å²) in [5.41, 5.74) is 5.45. The molecule has 1 rings (SSSR count). The van der Waals surface area contributed by atoms with Gasteiger partial charge in [0.05, 0.1) is 4.90 Å². The molecule has 0 bridgehead atoms. The van der Waals surface area contributed by atoms with E-state index in [0.29, 0.717) is 13.1 Å². The number of rotatable bonds is 5. The predicted octanol–water partition coefficient (Wildman–Crippen LogP) is 1.04. The highest BCUT2D eigenvalue weighted by atomic mass is 32.2. The topological polar surface area (TPSA) is 63.4 Å². The third-order valence-corrected chi connectivity index (χ3v) is 4.33. The lowest BCUT2D eigenvalue weighted by atomic mass is 10.2. The predicted molar refractivity (Wildman–Crippen MR) is 64.4 cm³/mol. The molecule has 0 amide bonds. The van der Waals surface area contributed by atoms with Crippen LogP contribution in [0.15, 0.2) is 29.2 Å². The molecule has 0 aliphatic rings. The fourth-order valence-electron chi connectivity index (χ4n) is 1.40. The van der Waals surface area contributed by atoms with E-state index in [0.717, 1.165) is 12.1 Å². The van der Waals surface area contributed by atoms with Crippen molar-refractivity contribution in [1.82, 2.24) is 4.31 Å². The first-order valence-corrected chi connectivity index (χ1v) is 6.74. The van der Waals surface area contributed by atoms with E-state index in [-0.39, 0.29) is 10.8 Å². The molecule has 17 heavy (non-hydrogen) atoms. The van der Waals surface area contributed by atoms with Crippen LogP contribution in [0.25, 0.3) is 0 Å². The molecule has 1 aromatic carbocycles. The van der Waals surface area contributed by atoms with E-state index in [1.165, 1.54) is 23.5 Å². The Kier molecular flexibility index (Phi) is 4.62. The van der Waals surface area contributed by atoms with E-state index < -0.39 is 15.8 Å². The molecule has 6 heteroatoms. The van der Waals surface area contributed by atoms with Gasteiger partial charge in [-0.3, -0.25) is 0 Å². The van der Waals surface area contributed by atoms with Crippen molar-refractivity contribution >= 4 is 10.0 Å². The summed E-state index contributed by atoms with van der Waals surface area (Å²) in [6, 6.07) is 4.78. The minimum Gasteiger partial charge on any atom is -0.330 e. The molecule has 0 radical (unpaired) electrons. The monoisotopic (exact) mass is 260 g/mol. The quantitative estimate of drug-likeness (QED) is 0.860. The van der Waals surface area contributed by atoms with Crippen LogP contribution in [-0.4, -0.2) is 32.9 Å². The van der Waals surface area contributed by atoms with Gasteiger partial charge in [0.2, 0.25) is 10.0 Å². The maximum Gasteiger partial charge on any atom is 0.242 e. The molecule has 2 N–H and O–H groups in total. The van der Waals surface area contributed by atoms with Crippen LogP contribution in [0.4, 0.5) is 4.39 Å². The Bertz CT molecular complexity index is 459. The Morgan fingerprint density at radius 3 is 2.35 bits per heavy atom. The largest absolute Gasteiger partial charge is 0.330 e. The van der Waals surface area contributed by atoms with Crippen LogP contribution in [0.2, 0.25) is 0 Å². The lowest BCUT2D eigenvalue weighted by Crippen LogP contribution is -2.33. The van der Waals surface area contributed by atoms with Crippen molar-refractivity contribution in [3.05, 3.63) is 30.1 Å². The standard InChI is InChI=1S/C11H17FN2O2S/c1-9(7-13)8-14(2)17(15,16)11-5-3-10(12)4-6-11/h3-6,9H,7-8,13H2,1-2H3. The zero-order chi connectivity index (χ0) is 13.1. The second kappa shape index (κ2) is 5.57. The summed E-state index contributed by atoms with van der Waals surface area (Å²) in [5.74, 6) is -0.378. The Labute approximate surface area is 101 Å². The summed E-state index contributed by atoms with van der Waals surface area (Å²) in [5, 5.41) is 0. The van der Waals surface area contributed by atoms with Gasteiger partial charge >= 0.3 is 0 Å². The molecule has 0 fully saturated rings. The number of sulfonamides is 1. The maximum atomic E-state index is 12.7. The molecule has 0 spiro atoms. The van der Waals surface area contributed by atoms with E-state index in [1.54, 1.807) is 0 Å². The van der Waals surface area contributed by atoms with Gasteiger partial charge in [-0.15, -0.1) is 0 Å². The minimum absolute atomic E-state index is 0.0789. The first-order valence-electron chi connectivity index (χ1n) is 5.30. The zero-order valence-corrected chi connectivity index (χ0v) is 10.7. The number of nitrogens with zero attached hydrogens (tertiary/aromatic N) is 1. The van der Waals surface area contributed by atoms with Gasteiger partial charge in [-0.2, -0.15) is 0 Å². The van der Waals surface area contributed by atoms with Gasteiger partial charge < -0.3 is 5.73 Å². The molecule has 0 saturated heterocycles. The van der Waals surface area contributed by atoms with E-state index in [1.807, 2.05) is 6.92 Å². The highest BCUT2D eigenvalue weighted by Crippen LogP contribution is 2.15. The van der Waals surface area contributed by atoms with Crippen molar-refractivity contribution in [3.8, 4) is 0 Å². The van der Waals surface area contributed by atoms with Gasteiger partial charge in [-0.25, -0.2) is 17.1 Å². The molecule has 1 aromatic rings. The number of hydrogen-bond acceptors (Lipinski definition) is 3. The van der Waals surface area contributed by atoms with Gasteiger partial charge in [0.1, 0.15) is 5.82 Å².